The lowest BCUT2D eigenvalue weighted by molar-refractivity contribution is -0.136. The van der Waals surface area contributed by atoms with Gasteiger partial charge in [0.2, 0.25) is 5.91 Å². The highest BCUT2D eigenvalue weighted by atomic mass is 16.5. The van der Waals surface area contributed by atoms with E-state index in [4.69, 9.17) is 13.9 Å². The standard InChI is InChI=1S/C21H24N2O5/c1-26-18-3-4-19-16(12-18)11-17(14-28-19)21(25)23-7-2-6-22(8-9-23)20(24)15-5-10-27-13-15/h3-5,10,12-13,17H,2,6-9,11,14H2,1H3/t17-/m1/s1. The summed E-state index contributed by atoms with van der Waals surface area (Å²) in [6.07, 6.45) is 4.35. The Kier molecular flexibility index (Phi) is 5.23. The normalized spacial score (nSPS) is 19.4. The molecule has 2 aliphatic heterocycles. The van der Waals surface area contributed by atoms with Crippen LogP contribution >= 0.6 is 0 Å². The fraction of sp³-hybridized carbons (Fsp3) is 0.429. The van der Waals surface area contributed by atoms with Gasteiger partial charge in [-0.25, -0.2) is 0 Å². The third-order valence-corrected chi connectivity index (χ3v) is 5.39. The number of amides is 2. The van der Waals surface area contributed by atoms with Gasteiger partial charge in [-0.15, -0.1) is 0 Å². The Bertz CT molecular complexity index is 848. The zero-order valence-corrected chi connectivity index (χ0v) is 15.9. The Hall–Kier alpha value is -2.96. The molecular weight excluding hydrogens is 360 g/mol. The second-order valence-corrected chi connectivity index (χ2v) is 7.17. The highest BCUT2D eigenvalue weighted by Gasteiger charge is 2.31. The van der Waals surface area contributed by atoms with Crippen molar-refractivity contribution in [2.75, 3.05) is 39.9 Å². The van der Waals surface area contributed by atoms with Crippen LogP contribution in [0.1, 0.15) is 22.3 Å². The van der Waals surface area contributed by atoms with Gasteiger partial charge in [0.1, 0.15) is 24.4 Å². The number of rotatable bonds is 3. The first-order chi connectivity index (χ1) is 13.7. The summed E-state index contributed by atoms with van der Waals surface area (Å²) in [5, 5.41) is 0. The maximum Gasteiger partial charge on any atom is 0.257 e. The smallest absolute Gasteiger partial charge is 0.257 e. The molecule has 7 heteroatoms. The molecule has 2 aromatic rings. The zero-order chi connectivity index (χ0) is 19.5. The highest BCUT2D eigenvalue weighted by molar-refractivity contribution is 5.93. The number of nitrogens with zero attached hydrogens (tertiary/aromatic N) is 2. The van der Waals surface area contributed by atoms with Gasteiger partial charge in [-0.05, 0) is 42.7 Å². The highest BCUT2D eigenvalue weighted by Crippen LogP contribution is 2.31. The van der Waals surface area contributed by atoms with Crippen molar-refractivity contribution in [2.45, 2.75) is 12.8 Å². The zero-order valence-electron chi connectivity index (χ0n) is 15.9. The predicted molar refractivity (Wildman–Crippen MR) is 101 cm³/mol. The van der Waals surface area contributed by atoms with E-state index in [2.05, 4.69) is 0 Å². The van der Waals surface area contributed by atoms with E-state index < -0.39 is 0 Å². The summed E-state index contributed by atoms with van der Waals surface area (Å²) < 4.78 is 16.1. The van der Waals surface area contributed by atoms with Crippen molar-refractivity contribution in [1.82, 2.24) is 9.80 Å². The summed E-state index contributed by atoms with van der Waals surface area (Å²) in [6, 6.07) is 7.35. The molecule has 2 amide bonds. The maximum absolute atomic E-state index is 13.1. The van der Waals surface area contributed by atoms with Crippen LogP contribution in [0.3, 0.4) is 0 Å². The lowest BCUT2D eigenvalue weighted by atomic mass is 9.95. The lowest BCUT2D eigenvalue weighted by Gasteiger charge is -2.30. The molecule has 0 N–H and O–H groups in total. The van der Waals surface area contributed by atoms with Gasteiger partial charge in [-0.2, -0.15) is 0 Å². The van der Waals surface area contributed by atoms with Crippen LogP contribution < -0.4 is 9.47 Å². The summed E-state index contributed by atoms with van der Waals surface area (Å²) in [6.45, 7) is 2.72. The molecule has 1 aromatic carbocycles. The third kappa shape index (κ3) is 3.69. The molecule has 0 aliphatic carbocycles. The quantitative estimate of drug-likeness (QED) is 0.811. The van der Waals surface area contributed by atoms with Crippen LogP contribution in [0.4, 0.5) is 0 Å². The molecule has 0 unspecified atom stereocenters. The van der Waals surface area contributed by atoms with E-state index in [1.165, 1.54) is 12.5 Å². The Morgan fingerprint density at radius 2 is 1.93 bits per heavy atom. The van der Waals surface area contributed by atoms with Crippen molar-refractivity contribution < 1.29 is 23.5 Å². The Morgan fingerprint density at radius 3 is 2.71 bits per heavy atom. The van der Waals surface area contributed by atoms with Gasteiger partial charge < -0.3 is 23.7 Å². The van der Waals surface area contributed by atoms with E-state index >= 15 is 0 Å². The summed E-state index contributed by atoms with van der Waals surface area (Å²) in [4.78, 5) is 29.2. The van der Waals surface area contributed by atoms with E-state index in [1.54, 1.807) is 18.1 Å². The molecule has 7 nitrogen and oxygen atoms in total. The first-order valence-corrected chi connectivity index (χ1v) is 9.55. The topological polar surface area (TPSA) is 72.2 Å². The molecule has 148 valence electrons. The van der Waals surface area contributed by atoms with Gasteiger partial charge in [0, 0.05) is 26.2 Å². The number of benzene rings is 1. The van der Waals surface area contributed by atoms with E-state index in [0.29, 0.717) is 44.8 Å². The SMILES string of the molecule is COc1ccc2c(c1)C[C@@H](C(=O)N1CCCN(C(=O)c3ccoc3)CC1)CO2. The summed E-state index contributed by atoms with van der Waals surface area (Å²) >= 11 is 0. The van der Waals surface area contributed by atoms with Crippen molar-refractivity contribution in [3.05, 3.63) is 47.9 Å². The number of furan rings is 1. The van der Waals surface area contributed by atoms with Gasteiger partial charge in [-0.1, -0.05) is 0 Å². The van der Waals surface area contributed by atoms with Gasteiger partial charge in [-0.3, -0.25) is 9.59 Å². The summed E-state index contributed by atoms with van der Waals surface area (Å²) in [5.41, 5.74) is 1.54. The largest absolute Gasteiger partial charge is 0.497 e. The molecule has 0 radical (unpaired) electrons. The fourth-order valence-corrected chi connectivity index (χ4v) is 3.82. The second-order valence-electron chi connectivity index (χ2n) is 7.17. The molecule has 1 aromatic heterocycles. The molecule has 0 saturated carbocycles. The number of hydrogen-bond donors (Lipinski definition) is 0. The van der Waals surface area contributed by atoms with Crippen molar-refractivity contribution >= 4 is 11.8 Å². The second kappa shape index (κ2) is 7.96. The Labute approximate surface area is 163 Å². The van der Waals surface area contributed by atoms with Crippen molar-refractivity contribution in [3.8, 4) is 11.5 Å². The van der Waals surface area contributed by atoms with Crippen LogP contribution in [0, 0.1) is 5.92 Å². The number of carbonyl (C=O) groups is 2. The van der Waals surface area contributed by atoms with Gasteiger partial charge in [0.15, 0.2) is 0 Å². The number of carbonyl (C=O) groups excluding carboxylic acids is 2. The fourth-order valence-electron chi connectivity index (χ4n) is 3.82. The minimum absolute atomic E-state index is 0.0509. The van der Waals surface area contributed by atoms with Crippen LogP contribution in [-0.2, 0) is 11.2 Å². The van der Waals surface area contributed by atoms with Crippen LogP contribution in [0.2, 0.25) is 0 Å². The van der Waals surface area contributed by atoms with Gasteiger partial charge in [0.05, 0.1) is 24.9 Å². The van der Waals surface area contributed by atoms with Crippen LogP contribution in [0.15, 0.2) is 41.2 Å². The van der Waals surface area contributed by atoms with E-state index in [9.17, 15) is 9.59 Å². The molecular formula is C21H24N2O5. The minimum atomic E-state index is -0.212. The number of methoxy groups -OCH3 is 1. The molecule has 2 aliphatic rings. The van der Waals surface area contributed by atoms with Crippen LogP contribution in [0.25, 0.3) is 0 Å². The monoisotopic (exact) mass is 384 g/mol. The Balaban J connectivity index is 1.39. The van der Waals surface area contributed by atoms with Crippen molar-refractivity contribution in [2.24, 2.45) is 5.92 Å². The molecule has 28 heavy (non-hydrogen) atoms. The van der Waals surface area contributed by atoms with Crippen LogP contribution in [0.5, 0.6) is 11.5 Å². The minimum Gasteiger partial charge on any atom is -0.497 e. The molecule has 1 saturated heterocycles. The first-order valence-electron chi connectivity index (χ1n) is 9.55. The average Bonchev–Trinajstić information content (AvgIpc) is 3.16. The third-order valence-electron chi connectivity index (χ3n) is 5.39. The Morgan fingerprint density at radius 1 is 1.11 bits per heavy atom. The number of hydrogen-bond acceptors (Lipinski definition) is 5. The predicted octanol–water partition coefficient (Wildman–Crippen LogP) is 2.21. The molecule has 0 spiro atoms. The van der Waals surface area contributed by atoms with Gasteiger partial charge >= 0.3 is 0 Å². The summed E-state index contributed by atoms with van der Waals surface area (Å²) in [7, 11) is 1.63. The lowest BCUT2D eigenvalue weighted by Crippen LogP contribution is -2.43. The molecule has 0 bridgehead atoms. The van der Waals surface area contributed by atoms with Crippen molar-refractivity contribution in [1.29, 1.82) is 0 Å². The molecule has 4 rings (SSSR count). The van der Waals surface area contributed by atoms with E-state index in [1.807, 2.05) is 23.1 Å². The molecule has 3 heterocycles. The van der Waals surface area contributed by atoms with Gasteiger partial charge in [0.25, 0.3) is 5.91 Å². The van der Waals surface area contributed by atoms with Crippen LogP contribution in [-0.4, -0.2) is 61.5 Å². The van der Waals surface area contributed by atoms with Crippen molar-refractivity contribution in [3.63, 3.8) is 0 Å². The maximum atomic E-state index is 13.1. The first kappa shape index (κ1) is 18.4. The van der Waals surface area contributed by atoms with E-state index in [0.717, 1.165) is 23.5 Å². The average molecular weight is 384 g/mol. The number of ether oxygens (including phenoxy) is 2. The molecule has 1 fully saturated rings. The van der Waals surface area contributed by atoms with E-state index in [-0.39, 0.29) is 17.7 Å². The molecule has 1 atom stereocenters. The summed E-state index contributed by atoms with van der Waals surface area (Å²) in [5.74, 6) is 1.41. The number of fused-ring (bicyclic) bond motifs is 1.